The smallest absolute Gasteiger partial charge is 0.345 e. The van der Waals surface area contributed by atoms with E-state index in [1.165, 1.54) is 6.07 Å². The largest absolute Gasteiger partial charge is 0.479 e. The molecule has 6 N–H and O–H groups in total. The number of fused-ring (bicyclic) bond motifs is 1. The minimum absolute atomic E-state index is 0.0429. The fourth-order valence-corrected chi connectivity index (χ4v) is 2.71. The number of nitrogens with one attached hydrogen (secondary N) is 1. The van der Waals surface area contributed by atoms with Crippen molar-refractivity contribution in [1.82, 2.24) is 4.98 Å². The zero-order valence-electron chi connectivity index (χ0n) is 11.2. The molecule has 1 aromatic carbocycles. The number of rotatable bonds is 2. The summed E-state index contributed by atoms with van der Waals surface area (Å²) >= 11 is 0. The Morgan fingerprint density at radius 2 is 1.82 bits per heavy atom. The van der Waals surface area contributed by atoms with E-state index in [0.29, 0.717) is 10.9 Å². The second-order valence-electron chi connectivity index (χ2n) is 5.25. The van der Waals surface area contributed by atoms with E-state index in [1.807, 2.05) is 0 Å². The maximum atomic E-state index is 11.8. The van der Waals surface area contributed by atoms with Crippen LogP contribution in [0.4, 0.5) is 0 Å². The van der Waals surface area contributed by atoms with Gasteiger partial charge in [0, 0.05) is 5.52 Å². The summed E-state index contributed by atoms with van der Waals surface area (Å²) in [5.41, 5.74) is -1.86. The molecule has 0 spiro atoms. The predicted molar refractivity (Wildman–Crippen MR) is 72.7 cm³/mol. The summed E-state index contributed by atoms with van der Waals surface area (Å²) < 4.78 is 5.01. The summed E-state index contributed by atoms with van der Waals surface area (Å²) in [5, 5.41) is 49.4. The van der Waals surface area contributed by atoms with Crippen molar-refractivity contribution in [2.45, 2.75) is 30.2 Å². The van der Waals surface area contributed by atoms with E-state index < -0.39 is 36.2 Å². The SMILES string of the molecule is O=C(O)[C@@]1(c2cc3ccccc3[nH]2)O[C@@H](O)[C@H](O)[C@@H](O)[C@@H]1O. The van der Waals surface area contributed by atoms with Gasteiger partial charge in [0.2, 0.25) is 5.60 Å². The summed E-state index contributed by atoms with van der Waals surface area (Å²) in [6.07, 6.45) is -7.63. The van der Waals surface area contributed by atoms with Crippen LogP contribution in [0.3, 0.4) is 0 Å². The number of aliphatic carboxylic acids is 1. The van der Waals surface area contributed by atoms with Crippen LogP contribution in [0.5, 0.6) is 0 Å². The Morgan fingerprint density at radius 1 is 1.14 bits per heavy atom. The Hall–Kier alpha value is -1.97. The van der Waals surface area contributed by atoms with Gasteiger partial charge in [0.1, 0.15) is 18.3 Å². The minimum atomic E-state index is -2.42. The number of para-hydroxylation sites is 1. The molecule has 22 heavy (non-hydrogen) atoms. The van der Waals surface area contributed by atoms with Crippen LogP contribution < -0.4 is 0 Å². The van der Waals surface area contributed by atoms with Crippen LogP contribution in [0.1, 0.15) is 5.69 Å². The van der Waals surface area contributed by atoms with Crippen LogP contribution in [-0.4, -0.2) is 61.1 Å². The maximum absolute atomic E-state index is 11.8. The standard InChI is InChI=1S/C14H15NO7/c16-9-10(17)12(19)22-14(11(9)18,13(20)21)8-5-6-3-1-2-4-7(6)15-8/h1-5,9-12,15-19H,(H,20,21)/t9-,10-,11+,12-,14+/m1/s1. The van der Waals surface area contributed by atoms with Gasteiger partial charge in [-0.05, 0) is 17.5 Å². The number of aromatic amines is 1. The summed E-state index contributed by atoms with van der Waals surface area (Å²) in [5.74, 6) is -1.60. The molecular weight excluding hydrogens is 294 g/mol. The van der Waals surface area contributed by atoms with Crippen molar-refractivity contribution in [2.75, 3.05) is 0 Å². The van der Waals surface area contributed by atoms with Crippen molar-refractivity contribution >= 4 is 16.9 Å². The normalized spacial score (nSPS) is 35.6. The first kappa shape index (κ1) is 14.9. The lowest BCUT2D eigenvalue weighted by atomic mass is 9.84. The fraction of sp³-hybridized carbons (Fsp3) is 0.357. The zero-order chi connectivity index (χ0) is 16.1. The number of carboxylic acid groups (broad SMARTS) is 1. The molecule has 3 rings (SSSR count). The molecule has 0 aliphatic carbocycles. The van der Waals surface area contributed by atoms with E-state index >= 15 is 0 Å². The summed E-state index contributed by atoms with van der Waals surface area (Å²) in [6.45, 7) is 0. The Balaban J connectivity index is 2.18. The number of aliphatic hydroxyl groups excluding tert-OH is 4. The number of carboxylic acids is 1. The maximum Gasteiger partial charge on any atom is 0.345 e. The predicted octanol–water partition coefficient (Wildman–Crippen LogP) is -1.12. The highest BCUT2D eigenvalue weighted by Gasteiger charge is 2.60. The number of carbonyl (C=O) groups is 1. The number of hydrogen-bond acceptors (Lipinski definition) is 6. The molecule has 5 atom stereocenters. The summed E-state index contributed by atoms with van der Waals surface area (Å²) in [6, 6.07) is 8.36. The first-order valence-electron chi connectivity index (χ1n) is 6.59. The third kappa shape index (κ3) is 1.93. The van der Waals surface area contributed by atoms with Gasteiger partial charge in [-0.3, -0.25) is 0 Å². The van der Waals surface area contributed by atoms with E-state index in [1.54, 1.807) is 24.3 Å². The van der Waals surface area contributed by atoms with E-state index in [9.17, 15) is 30.3 Å². The highest BCUT2D eigenvalue weighted by atomic mass is 16.7. The van der Waals surface area contributed by atoms with Crippen LogP contribution in [-0.2, 0) is 15.1 Å². The van der Waals surface area contributed by atoms with E-state index in [2.05, 4.69) is 4.98 Å². The lowest BCUT2D eigenvalue weighted by molar-refractivity contribution is -0.320. The molecule has 0 amide bonds. The monoisotopic (exact) mass is 309 g/mol. The van der Waals surface area contributed by atoms with Crippen LogP contribution in [0.25, 0.3) is 10.9 Å². The second kappa shape index (κ2) is 5.04. The molecule has 2 aromatic rings. The van der Waals surface area contributed by atoms with Crippen molar-refractivity contribution in [1.29, 1.82) is 0 Å². The van der Waals surface area contributed by atoms with Crippen LogP contribution >= 0.6 is 0 Å². The van der Waals surface area contributed by atoms with Gasteiger partial charge in [0.05, 0.1) is 5.69 Å². The number of H-pyrrole nitrogens is 1. The van der Waals surface area contributed by atoms with Crippen molar-refractivity contribution in [3.05, 3.63) is 36.0 Å². The van der Waals surface area contributed by atoms with Gasteiger partial charge in [0.15, 0.2) is 6.29 Å². The third-order valence-electron chi connectivity index (χ3n) is 3.94. The zero-order valence-corrected chi connectivity index (χ0v) is 11.2. The molecule has 0 saturated carbocycles. The summed E-state index contributed by atoms with van der Waals surface area (Å²) in [7, 11) is 0. The molecular formula is C14H15NO7. The molecule has 8 heteroatoms. The highest BCUT2D eigenvalue weighted by molar-refractivity contribution is 5.86. The van der Waals surface area contributed by atoms with Gasteiger partial charge in [-0.15, -0.1) is 0 Å². The average Bonchev–Trinajstić information content (AvgIpc) is 2.92. The van der Waals surface area contributed by atoms with E-state index in [4.69, 9.17) is 4.74 Å². The number of aromatic nitrogens is 1. The molecule has 1 aliphatic heterocycles. The van der Waals surface area contributed by atoms with Crippen LogP contribution in [0, 0.1) is 0 Å². The van der Waals surface area contributed by atoms with Gasteiger partial charge < -0.3 is 35.3 Å². The quantitative estimate of drug-likeness (QED) is 0.412. The van der Waals surface area contributed by atoms with Gasteiger partial charge in [0.25, 0.3) is 0 Å². The van der Waals surface area contributed by atoms with Gasteiger partial charge in [-0.2, -0.15) is 0 Å². The molecule has 0 bridgehead atoms. The lowest BCUT2D eigenvalue weighted by Gasteiger charge is -2.44. The third-order valence-corrected chi connectivity index (χ3v) is 3.94. The van der Waals surface area contributed by atoms with E-state index in [0.717, 1.165) is 0 Å². The van der Waals surface area contributed by atoms with Gasteiger partial charge >= 0.3 is 5.97 Å². The minimum Gasteiger partial charge on any atom is -0.479 e. The van der Waals surface area contributed by atoms with Crippen molar-refractivity contribution in [3.8, 4) is 0 Å². The second-order valence-corrected chi connectivity index (χ2v) is 5.25. The molecule has 1 aliphatic rings. The Bertz CT molecular complexity index is 681. The lowest BCUT2D eigenvalue weighted by Crippen LogP contribution is -2.65. The number of aliphatic hydroxyl groups is 4. The molecule has 0 radical (unpaired) electrons. The first-order chi connectivity index (χ1) is 10.4. The van der Waals surface area contributed by atoms with Crippen LogP contribution in [0.15, 0.2) is 30.3 Å². The topological polar surface area (TPSA) is 143 Å². The number of ether oxygens (including phenoxy) is 1. The molecule has 2 heterocycles. The van der Waals surface area contributed by atoms with Crippen molar-refractivity contribution in [2.24, 2.45) is 0 Å². The van der Waals surface area contributed by atoms with Crippen molar-refractivity contribution < 1.29 is 35.1 Å². The summed E-state index contributed by atoms with van der Waals surface area (Å²) in [4.78, 5) is 14.6. The molecule has 1 aromatic heterocycles. The van der Waals surface area contributed by atoms with Gasteiger partial charge in [-0.25, -0.2) is 4.79 Å². The average molecular weight is 309 g/mol. The molecule has 0 unspecified atom stereocenters. The molecule has 1 fully saturated rings. The van der Waals surface area contributed by atoms with Gasteiger partial charge in [-0.1, -0.05) is 18.2 Å². The molecule has 118 valence electrons. The Labute approximate surface area is 124 Å². The molecule has 1 saturated heterocycles. The molecule has 8 nitrogen and oxygen atoms in total. The number of hydrogen-bond donors (Lipinski definition) is 6. The first-order valence-corrected chi connectivity index (χ1v) is 6.59. The Kier molecular flexibility index (Phi) is 3.42. The number of benzene rings is 1. The Morgan fingerprint density at radius 3 is 2.45 bits per heavy atom. The highest BCUT2D eigenvalue weighted by Crippen LogP contribution is 2.39. The van der Waals surface area contributed by atoms with Crippen LogP contribution in [0.2, 0.25) is 0 Å². The fourth-order valence-electron chi connectivity index (χ4n) is 2.71. The van der Waals surface area contributed by atoms with E-state index in [-0.39, 0.29) is 5.69 Å². The van der Waals surface area contributed by atoms with Crippen molar-refractivity contribution in [3.63, 3.8) is 0 Å².